The third-order valence-corrected chi connectivity index (χ3v) is 3.15. The summed E-state index contributed by atoms with van der Waals surface area (Å²) in [4.78, 5) is 1.37. The van der Waals surface area contributed by atoms with Crippen LogP contribution in [0, 0.1) is 7.11 Å². The first kappa shape index (κ1) is 8.73. The SMILES string of the molecule is [CH2]OCCc1cc2ccccc2s1. The van der Waals surface area contributed by atoms with Gasteiger partial charge in [0.2, 0.25) is 0 Å². The fourth-order valence-corrected chi connectivity index (χ4v) is 2.38. The molecule has 0 amide bonds. The minimum atomic E-state index is 0.701. The Hall–Kier alpha value is -0.860. The van der Waals surface area contributed by atoms with Crippen LogP contribution in [0.2, 0.25) is 0 Å². The normalized spacial score (nSPS) is 10.8. The first-order valence-corrected chi connectivity index (χ1v) is 5.06. The van der Waals surface area contributed by atoms with E-state index < -0.39 is 0 Å². The Morgan fingerprint density at radius 1 is 1.31 bits per heavy atom. The first-order chi connectivity index (χ1) is 6.40. The second-order valence-corrected chi connectivity index (χ2v) is 4.08. The number of rotatable bonds is 3. The van der Waals surface area contributed by atoms with Gasteiger partial charge < -0.3 is 4.74 Å². The van der Waals surface area contributed by atoms with Crippen molar-refractivity contribution in [3.63, 3.8) is 0 Å². The van der Waals surface area contributed by atoms with Gasteiger partial charge in [-0.25, -0.2) is 0 Å². The summed E-state index contributed by atoms with van der Waals surface area (Å²) in [5.74, 6) is 0. The first-order valence-electron chi connectivity index (χ1n) is 4.24. The van der Waals surface area contributed by atoms with Gasteiger partial charge in [0.25, 0.3) is 0 Å². The van der Waals surface area contributed by atoms with Gasteiger partial charge in [0.05, 0.1) is 13.7 Å². The average Bonchev–Trinajstić information content (AvgIpc) is 2.57. The molecule has 0 aliphatic rings. The summed E-state index contributed by atoms with van der Waals surface area (Å²) in [6, 6.07) is 10.6. The average molecular weight is 191 g/mol. The van der Waals surface area contributed by atoms with Gasteiger partial charge in [-0.1, -0.05) is 18.2 Å². The molecule has 1 heterocycles. The predicted molar refractivity (Wildman–Crippen MR) is 56.8 cm³/mol. The number of thiophene rings is 1. The minimum absolute atomic E-state index is 0.701. The smallest absolute Gasteiger partial charge is 0.0700 e. The molecule has 0 aliphatic heterocycles. The summed E-state index contributed by atoms with van der Waals surface area (Å²) in [6.07, 6.45) is 0.961. The van der Waals surface area contributed by atoms with Gasteiger partial charge >= 0.3 is 0 Å². The van der Waals surface area contributed by atoms with E-state index in [0.29, 0.717) is 6.61 Å². The van der Waals surface area contributed by atoms with Crippen LogP contribution in [0.25, 0.3) is 10.1 Å². The molecule has 0 unspecified atom stereocenters. The maximum absolute atomic E-state index is 4.80. The van der Waals surface area contributed by atoms with E-state index in [1.165, 1.54) is 15.0 Å². The molecule has 0 fully saturated rings. The van der Waals surface area contributed by atoms with E-state index in [4.69, 9.17) is 4.74 Å². The predicted octanol–water partition coefficient (Wildman–Crippen LogP) is 3.25. The van der Waals surface area contributed by atoms with E-state index in [0.717, 1.165) is 6.42 Å². The van der Waals surface area contributed by atoms with Crippen molar-refractivity contribution < 1.29 is 4.74 Å². The highest BCUT2D eigenvalue weighted by Gasteiger charge is 1.99. The number of hydrogen-bond donors (Lipinski definition) is 0. The Morgan fingerprint density at radius 3 is 2.92 bits per heavy atom. The van der Waals surface area contributed by atoms with Crippen LogP contribution in [0.15, 0.2) is 30.3 Å². The molecule has 2 aromatic rings. The van der Waals surface area contributed by atoms with E-state index in [-0.39, 0.29) is 0 Å². The molecule has 2 rings (SSSR count). The van der Waals surface area contributed by atoms with Gasteiger partial charge in [0.1, 0.15) is 0 Å². The van der Waals surface area contributed by atoms with Gasteiger partial charge in [-0.3, -0.25) is 0 Å². The van der Waals surface area contributed by atoms with Crippen LogP contribution in [0.4, 0.5) is 0 Å². The van der Waals surface area contributed by atoms with Gasteiger partial charge in [-0.05, 0) is 17.5 Å². The summed E-state index contributed by atoms with van der Waals surface area (Å²) in [5.41, 5.74) is 0. The molecule has 0 bridgehead atoms. The number of fused-ring (bicyclic) bond motifs is 1. The Kier molecular flexibility index (Phi) is 2.62. The molecule has 0 atom stereocenters. The monoisotopic (exact) mass is 191 g/mol. The van der Waals surface area contributed by atoms with E-state index >= 15 is 0 Å². The fourth-order valence-electron chi connectivity index (χ4n) is 1.33. The van der Waals surface area contributed by atoms with Crippen molar-refractivity contribution in [1.82, 2.24) is 0 Å². The Balaban J connectivity index is 2.28. The van der Waals surface area contributed by atoms with Crippen molar-refractivity contribution in [2.75, 3.05) is 6.61 Å². The second-order valence-electron chi connectivity index (χ2n) is 2.91. The Labute approximate surface area is 82.0 Å². The van der Waals surface area contributed by atoms with Crippen molar-refractivity contribution in [1.29, 1.82) is 0 Å². The highest BCUT2D eigenvalue weighted by molar-refractivity contribution is 7.19. The second kappa shape index (κ2) is 3.90. The van der Waals surface area contributed by atoms with Crippen LogP contribution in [0.5, 0.6) is 0 Å². The van der Waals surface area contributed by atoms with E-state index in [2.05, 4.69) is 37.4 Å². The summed E-state index contributed by atoms with van der Waals surface area (Å²) < 4.78 is 6.15. The fraction of sp³-hybridized carbons (Fsp3) is 0.182. The minimum Gasteiger partial charge on any atom is -0.379 e. The van der Waals surface area contributed by atoms with Crippen LogP contribution >= 0.6 is 11.3 Å². The molecular formula is C11H11OS. The molecule has 1 radical (unpaired) electrons. The third-order valence-electron chi connectivity index (χ3n) is 1.97. The quantitative estimate of drug-likeness (QED) is 0.723. The lowest BCUT2D eigenvalue weighted by Gasteiger charge is -1.92. The molecule has 0 spiro atoms. The van der Waals surface area contributed by atoms with Crippen molar-refractivity contribution in [3.05, 3.63) is 42.3 Å². The number of benzene rings is 1. The van der Waals surface area contributed by atoms with E-state index in [1.807, 2.05) is 11.3 Å². The van der Waals surface area contributed by atoms with Gasteiger partial charge in [-0.15, -0.1) is 11.3 Å². The number of ether oxygens (including phenoxy) is 1. The highest BCUT2D eigenvalue weighted by atomic mass is 32.1. The highest BCUT2D eigenvalue weighted by Crippen LogP contribution is 2.25. The van der Waals surface area contributed by atoms with E-state index in [1.54, 1.807) is 0 Å². The van der Waals surface area contributed by atoms with Crippen molar-refractivity contribution >= 4 is 21.4 Å². The maximum atomic E-state index is 4.80. The Morgan fingerprint density at radius 2 is 2.15 bits per heavy atom. The molecule has 0 N–H and O–H groups in total. The molecule has 2 heteroatoms. The zero-order valence-corrected chi connectivity index (χ0v) is 8.14. The van der Waals surface area contributed by atoms with Crippen molar-refractivity contribution in [2.24, 2.45) is 0 Å². The molecule has 1 nitrogen and oxygen atoms in total. The van der Waals surface area contributed by atoms with Crippen LogP contribution in [-0.2, 0) is 11.2 Å². The van der Waals surface area contributed by atoms with Gasteiger partial charge in [0, 0.05) is 16.0 Å². The lowest BCUT2D eigenvalue weighted by Crippen LogP contribution is -1.88. The third kappa shape index (κ3) is 1.90. The molecule has 1 aromatic heterocycles. The Bertz CT molecular complexity index is 359. The molecular weight excluding hydrogens is 180 g/mol. The van der Waals surface area contributed by atoms with E-state index in [9.17, 15) is 0 Å². The van der Waals surface area contributed by atoms with Crippen LogP contribution in [-0.4, -0.2) is 6.61 Å². The van der Waals surface area contributed by atoms with Gasteiger partial charge in [0.15, 0.2) is 0 Å². The summed E-state index contributed by atoms with van der Waals surface area (Å²) in [7, 11) is 3.36. The topological polar surface area (TPSA) is 9.23 Å². The standard InChI is InChI=1S/C11H11OS/c1-12-7-6-10-8-9-4-2-3-5-11(9)13-10/h2-5,8H,1,6-7H2. The summed E-state index contributed by atoms with van der Waals surface area (Å²) in [5, 5.41) is 1.33. The van der Waals surface area contributed by atoms with Crippen molar-refractivity contribution in [3.8, 4) is 0 Å². The van der Waals surface area contributed by atoms with Crippen LogP contribution in [0.1, 0.15) is 4.88 Å². The lowest BCUT2D eigenvalue weighted by atomic mass is 10.2. The van der Waals surface area contributed by atoms with Crippen LogP contribution in [0.3, 0.4) is 0 Å². The lowest BCUT2D eigenvalue weighted by molar-refractivity contribution is 0.247. The molecule has 13 heavy (non-hydrogen) atoms. The van der Waals surface area contributed by atoms with Gasteiger partial charge in [-0.2, -0.15) is 0 Å². The number of hydrogen-bond acceptors (Lipinski definition) is 2. The molecule has 1 aromatic carbocycles. The van der Waals surface area contributed by atoms with Crippen molar-refractivity contribution in [2.45, 2.75) is 6.42 Å². The molecule has 0 saturated heterocycles. The summed E-state index contributed by atoms with van der Waals surface area (Å²) >= 11 is 1.83. The zero-order valence-electron chi connectivity index (χ0n) is 7.32. The molecule has 0 saturated carbocycles. The van der Waals surface area contributed by atoms with Crippen LogP contribution < -0.4 is 0 Å². The largest absolute Gasteiger partial charge is 0.379 e. The molecule has 67 valence electrons. The zero-order chi connectivity index (χ0) is 9.10. The summed E-state index contributed by atoms with van der Waals surface area (Å²) in [6.45, 7) is 0.701. The maximum Gasteiger partial charge on any atom is 0.0700 e. The molecule has 0 aliphatic carbocycles.